The van der Waals surface area contributed by atoms with Crippen LogP contribution < -0.4 is 5.73 Å². The van der Waals surface area contributed by atoms with Crippen LogP contribution in [0.1, 0.15) is 36.9 Å². The summed E-state index contributed by atoms with van der Waals surface area (Å²) in [6.45, 7) is 8.51. The van der Waals surface area contributed by atoms with Gasteiger partial charge in [-0.1, -0.05) is 13.8 Å². The average Bonchev–Trinajstić information content (AvgIpc) is 2.71. The van der Waals surface area contributed by atoms with Gasteiger partial charge in [0, 0.05) is 28.9 Å². The van der Waals surface area contributed by atoms with Crippen LogP contribution in [0.4, 0.5) is 0 Å². The summed E-state index contributed by atoms with van der Waals surface area (Å²) >= 11 is 1.46. The van der Waals surface area contributed by atoms with Gasteiger partial charge in [0.05, 0.1) is 4.90 Å². The lowest BCUT2D eigenvalue weighted by molar-refractivity contribution is 0.342. The SMILES string of the molecule is CCC(C)N(CC)S(=O)(=O)c1cc(CN)sc1C. The lowest BCUT2D eigenvalue weighted by Crippen LogP contribution is -2.38. The Balaban J connectivity index is 3.22. The van der Waals surface area contributed by atoms with Crippen LogP contribution in [-0.2, 0) is 16.6 Å². The van der Waals surface area contributed by atoms with Gasteiger partial charge in [0.15, 0.2) is 0 Å². The first-order valence-electron chi connectivity index (χ1n) is 6.19. The van der Waals surface area contributed by atoms with Crippen molar-refractivity contribution in [1.29, 1.82) is 0 Å². The van der Waals surface area contributed by atoms with Crippen molar-refractivity contribution < 1.29 is 8.42 Å². The molecular formula is C12H22N2O2S2. The molecule has 0 saturated carbocycles. The van der Waals surface area contributed by atoms with Gasteiger partial charge < -0.3 is 5.73 Å². The maximum atomic E-state index is 12.6. The van der Waals surface area contributed by atoms with Crippen molar-refractivity contribution in [3.05, 3.63) is 15.8 Å². The number of thiophene rings is 1. The van der Waals surface area contributed by atoms with Crippen molar-refractivity contribution in [1.82, 2.24) is 4.31 Å². The third-order valence-electron chi connectivity index (χ3n) is 3.11. The van der Waals surface area contributed by atoms with Crippen LogP contribution >= 0.6 is 11.3 Å². The third kappa shape index (κ3) is 2.93. The summed E-state index contributed by atoms with van der Waals surface area (Å²) < 4.78 is 26.8. The standard InChI is InChI=1S/C12H22N2O2S2/c1-5-9(3)14(6-2)18(15,16)12-7-11(8-13)17-10(12)4/h7,9H,5-6,8,13H2,1-4H3. The molecule has 0 aliphatic rings. The fourth-order valence-corrected chi connectivity index (χ4v) is 5.13. The number of hydrogen-bond donors (Lipinski definition) is 1. The minimum absolute atomic E-state index is 0.0145. The van der Waals surface area contributed by atoms with Gasteiger partial charge in [0.25, 0.3) is 0 Å². The molecule has 0 aliphatic heterocycles. The number of sulfonamides is 1. The van der Waals surface area contributed by atoms with E-state index in [2.05, 4.69) is 0 Å². The Bertz CT molecular complexity index is 494. The zero-order chi connectivity index (χ0) is 13.9. The molecule has 0 amide bonds. The quantitative estimate of drug-likeness (QED) is 0.874. The monoisotopic (exact) mass is 290 g/mol. The van der Waals surface area contributed by atoms with E-state index in [1.54, 1.807) is 10.4 Å². The predicted octanol–water partition coefficient (Wildman–Crippen LogP) is 2.32. The highest BCUT2D eigenvalue weighted by atomic mass is 32.2. The molecule has 6 heteroatoms. The lowest BCUT2D eigenvalue weighted by atomic mass is 10.3. The number of nitrogens with zero attached hydrogens (tertiary/aromatic N) is 1. The molecule has 18 heavy (non-hydrogen) atoms. The maximum absolute atomic E-state index is 12.6. The van der Waals surface area contributed by atoms with E-state index in [1.807, 2.05) is 27.7 Å². The van der Waals surface area contributed by atoms with E-state index in [-0.39, 0.29) is 6.04 Å². The van der Waals surface area contributed by atoms with Crippen molar-refractivity contribution in [3.63, 3.8) is 0 Å². The van der Waals surface area contributed by atoms with Crippen LogP contribution in [0, 0.1) is 6.92 Å². The molecule has 1 aromatic rings. The largest absolute Gasteiger partial charge is 0.326 e. The first kappa shape index (κ1) is 15.6. The van der Waals surface area contributed by atoms with Gasteiger partial charge in [-0.25, -0.2) is 8.42 Å². The summed E-state index contributed by atoms with van der Waals surface area (Å²) in [5.41, 5.74) is 5.57. The second kappa shape index (κ2) is 6.14. The predicted molar refractivity (Wildman–Crippen MR) is 76.3 cm³/mol. The summed E-state index contributed by atoms with van der Waals surface area (Å²) in [4.78, 5) is 2.14. The molecule has 0 bridgehead atoms. The molecule has 1 unspecified atom stereocenters. The molecule has 1 aromatic heterocycles. The number of rotatable bonds is 6. The van der Waals surface area contributed by atoms with Crippen molar-refractivity contribution in [3.8, 4) is 0 Å². The van der Waals surface area contributed by atoms with E-state index in [4.69, 9.17) is 5.73 Å². The van der Waals surface area contributed by atoms with E-state index < -0.39 is 10.0 Å². The Hall–Kier alpha value is -0.430. The third-order valence-corrected chi connectivity index (χ3v) is 6.52. The van der Waals surface area contributed by atoms with Crippen LogP contribution in [0.5, 0.6) is 0 Å². The van der Waals surface area contributed by atoms with Gasteiger partial charge in [0.2, 0.25) is 10.0 Å². The molecule has 0 spiro atoms. The topological polar surface area (TPSA) is 63.4 Å². The fraction of sp³-hybridized carbons (Fsp3) is 0.667. The van der Waals surface area contributed by atoms with Crippen LogP contribution in [0.2, 0.25) is 0 Å². The average molecular weight is 290 g/mol. The molecule has 1 rings (SSSR count). The minimum Gasteiger partial charge on any atom is -0.326 e. The molecule has 0 aliphatic carbocycles. The molecule has 0 aromatic carbocycles. The van der Waals surface area contributed by atoms with Crippen molar-refractivity contribution in [2.75, 3.05) is 6.54 Å². The Kier molecular flexibility index (Phi) is 5.33. The number of nitrogens with two attached hydrogens (primary N) is 1. The van der Waals surface area contributed by atoms with Crippen LogP contribution in [0.25, 0.3) is 0 Å². The Morgan fingerprint density at radius 3 is 2.44 bits per heavy atom. The van der Waals surface area contributed by atoms with Crippen LogP contribution in [-0.4, -0.2) is 25.3 Å². The van der Waals surface area contributed by atoms with Gasteiger partial charge in [0.1, 0.15) is 0 Å². The Morgan fingerprint density at radius 2 is 2.06 bits per heavy atom. The van der Waals surface area contributed by atoms with Crippen LogP contribution in [0.3, 0.4) is 0 Å². The van der Waals surface area contributed by atoms with E-state index in [0.29, 0.717) is 18.0 Å². The van der Waals surface area contributed by atoms with Gasteiger partial charge in [-0.2, -0.15) is 4.31 Å². The Morgan fingerprint density at radius 1 is 1.44 bits per heavy atom. The van der Waals surface area contributed by atoms with Gasteiger partial charge in [-0.3, -0.25) is 0 Å². The molecule has 1 atom stereocenters. The summed E-state index contributed by atoms with van der Waals surface area (Å²) in [5, 5.41) is 0. The van der Waals surface area contributed by atoms with E-state index in [0.717, 1.165) is 16.2 Å². The van der Waals surface area contributed by atoms with Gasteiger partial charge >= 0.3 is 0 Å². The minimum atomic E-state index is -3.39. The molecule has 2 N–H and O–H groups in total. The molecule has 1 heterocycles. The summed E-state index contributed by atoms with van der Waals surface area (Å²) in [5.74, 6) is 0. The van der Waals surface area contributed by atoms with E-state index in [1.165, 1.54) is 11.3 Å². The number of hydrogen-bond acceptors (Lipinski definition) is 4. The highest BCUT2D eigenvalue weighted by molar-refractivity contribution is 7.89. The smallest absolute Gasteiger partial charge is 0.244 e. The zero-order valence-corrected chi connectivity index (χ0v) is 13.1. The molecule has 4 nitrogen and oxygen atoms in total. The highest BCUT2D eigenvalue weighted by Crippen LogP contribution is 2.29. The molecule has 0 fully saturated rings. The molecule has 0 radical (unpaired) electrons. The van der Waals surface area contributed by atoms with Crippen molar-refractivity contribution >= 4 is 21.4 Å². The van der Waals surface area contributed by atoms with Crippen molar-refractivity contribution in [2.24, 2.45) is 5.73 Å². The fourth-order valence-electron chi connectivity index (χ4n) is 1.93. The first-order chi connectivity index (χ1) is 8.38. The second-order valence-electron chi connectivity index (χ2n) is 4.30. The summed E-state index contributed by atoms with van der Waals surface area (Å²) in [7, 11) is -3.39. The van der Waals surface area contributed by atoms with Gasteiger partial charge in [-0.15, -0.1) is 11.3 Å². The van der Waals surface area contributed by atoms with Crippen molar-refractivity contribution in [2.45, 2.75) is 51.6 Å². The van der Waals surface area contributed by atoms with Crippen LogP contribution in [0.15, 0.2) is 11.0 Å². The van der Waals surface area contributed by atoms with E-state index in [9.17, 15) is 8.42 Å². The first-order valence-corrected chi connectivity index (χ1v) is 8.45. The summed E-state index contributed by atoms with van der Waals surface area (Å²) in [6.07, 6.45) is 0.806. The zero-order valence-electron chi connectivity index (χ0n) is 11.4. The van der Waals surface area contributed by atoms with E-state index >= 15 is 0 Å². The Labute approximate surface area is 114 Å². The highest BCUT2D eigenvalue weighted by Gasteiger charge is 2.29. The molecule has 104 valence electrons. The molecular weight excluding hydrogens is 268 g/mol. The normalized spacial score (nSPS) is 14.1. The second-order valence-corrected chi connectivity index (χ2v) is 7.50. The number of aryl methyl sites for hydroxylation is 1. The lowest BCUT2D eigenvalue weighted by Gasteiger charge is -2.26. The summed E-state index contributed by atoms with van der Waals surface area (Å²) in [6, 6.07) is 1.72. The molecule has 0 saturated heterocycles. The van der Waals surface area contributed by atoms with Gasteiger partial charge in [-0.05, 0) is 26.3 Å². The maximum Gasteiger partial charge on any atom is 0.244 e.